The molecule has 0 radical (unpaired) electrons. The van der Waals surface area contributed by atoms with Crippen LogP contribution in [0.3, 0.4) is 0 Å². The largest absolute Gasteiger partial charge is 0.480 e. The summed E-state index contributed by atoms with van der Waals surface area (Å²) in [5.41, 5.74) is 0. The van der Waals surface area contributed by atoms with Crippen molar-refractivity contribution in [2.24, 2.45) is 17.8 Å². The zero-order valence-corrected chi connectivity index (χ0v) is 11.3. The molecule has 0 bridgehead atoms. The van der Waals surface area contributed by atoms with Crippen LogP contribution in [0.25, 0.3) is 0 Å². The van der Waals surface area contributed by atoms with Crippen LogP contribution in [0.4, 0.5) is 0 Å². The van der Waals surface area contributed by atoms with Crippen LogP contribution in [0.1, 0.15) is 33.6 Å². The summed E-state index contributed by atoms with van der Waals surface area (Å²) >= 11 is 0. The van der Waals surface area contributed by atoms with Gasteiger partial charge in [0.15, 0.2) is 0 Å². The summed E-state index contributed by atoms with van der Waals surface area (Å²) in [6.45, 7) is 6.82. The van der Waals surface area contributed by atoms with Gasteiger partial charge in [-0.05, 0) is 24.7 Å². The van der Waals surface area contributed by atoms with Gasteiger partial charge in [-0.1, -0.05) is 20.8 Å². The van der Waals surface area contributed by atoms with E-state index in [2.05, 4.69) is 5.32 Å². The molecule has 1 aliphatic heterocycles. The van der Waals surface area contributed by atoms with E-state index in [1.807, 2.05) is 6.92 Å². The molecule has 1 amide bonds. The lowest BCUT2D eigenvalue weighted by molar-refractivity contribution is -0.144. The lowest BCUT2D eigenvalue weighted by atomic mass is 9.86. The molecular formula is C13H23NO4. The Kier molecular flexibility index (Phi) is 5.59. The van der Waals surface area contributed by atoms with E-state index in [4.69, 9.17) is 9.84 Å². The first kappa shape index (κ1) is 15.0. The molecule has 2 atom stereocenters. The van der Waals surface area contributed by atoms with Crippen LogP contribution in [-0.4, -0.2) is 36.2 Å². The van der Waals surface area contributed by atoms with E-state index in [0.717, 1.165) is 12.8 Å². The Morgan fingerprint density at radius 1 is 1.22 bits per heavy atom. The molecule has 0 spiro atoms. The first-order valence-corrected chi connectivity index (χ1v) is 6.54. The summed E-state index contributed by atoms with van der Waals surface area (Å²) < 4.78 is 5.26. The molecule has 0 aliphatic carbocycles. The van der Waals surface area contributed by atoms with Crippen molar-refractivity contribution >= 4 is 11.9 Å². The van der Waals surface area contributed by atoms with Crippen LogP contribution in [0.15, 0.2) is 0 Å². The third-order valence-electron chi connectivity index (χ3n) is 3.62. The summed E-state index contributed by atoms with van der Waals surface area (Å²) in [5, 5.41) is 11.7. The van der Waals surface area contributed by atoms with Crippen LogP contribution in [0.5, 0.6) is 0 Å². The number of hydrogen-bond donors (Lipinski definition) is 2. The molecule has 5 nitrogen and oxygen atoms in total. The van der Waals surface area contributed by atoms with Gasteiger partial charge in [-0.15, -0.1) is 0 Å². The number of aliphatic carboxylic acids is 1. The van der Waals surface area contributed by atoms with E-state index in [9.17, 15) is 9.59 Å². The fourth-order valence-corrected chi connectivity index (χ4v) is 2.23. The third-order valence-corrected chi connectivity index (χ3v) is 3.62. The van der Waals surface area contributed by atoms with Crippen molar-refractivity contribution < 1.29 is 19.4 Å². The van der Waals surface area contributed by atoms with Crippen LogP contribution in [-0.2, 0) is 14.3 Å². The number of hydrogen-bond acceptors (Lipinski definition) is 3. The Morgan fingerprint density at radius 2 is 1.78 bits per heavy atom. The monoisotopic (exact) mass is 257 g/mol. The molecule has 0 aromatic carbocycles. The molecule has 1 heterocycles. The second-order valence-corrected chi connectivity index (χ2v) is 5.31. The lowest BCUT2D eigenvalue weighted by Gasteiger charge is -2.28. The molecule has 2 unspecified atom stereocenters. The number of ether oxygens (including phenoxy) is 1. The van der Waals surface area contributed by atoms with Gasteiger partial charge < -0.3 is 15.2 Å². The number of carboxylic acid groups (broad SMARTS) is 1. The maximum Gasteiger partial charge on any atom is 0.326 e. The van der Waals surface area contributed by atoms with Gasteiger partial charge >= 0.3 is 5.97 Å². The smallest absolute Gasteiger partial charge is 0.326 e. The highest BCUT2D eigenvalue weighted by atomic mass is 16.5. The van der Waals surface area contributed by atoms with Crippen molar-refractivity contribution in [2.75, 3.05) is 13.2 Å². The molecule has 18 heavy (non-hydrogen) atoms. The predicted molar refractivity (Wildman–Crippen MR) is 67.1 cm³/mol. The minimum absolute atomic E-state index is 0.117. The fraction of sp³-hybridized carbons (Fsp3) is 0.846. The molecule has 1 aliphatic rings. The van der Waals surface area contributed by atoms with E-state index < -0.39 is 12.0 Å². The average Bonchev–Trinajstić information content (AvgIpc) is 2.35. The molecule has 1 rings (SSSR count). The fourth-order valence-electron chi connectivity index (χ4n) is 2.23. The number of amides is 1. The highest BCUT2D eigenvalue weighted by Gasteiger charge is 2.30. The molecule has 1 fully saturated rings. The zero-order valence-electron chi connectivity index (χ0n) is 11.3. The normalized spacial score (nSPS) is 20.4. The van der Waals surface area contributed by atoms with Crippen LogP contribution >= 0.6 is 0 Å². The van der Waals surface area contributed by atoms with Crippen molar-refractivity contribution in [3.05, 3.63) is 0 Å². The predicted octanol–water partition coefficient (Wildman–Crippen LogP) is 1.27. The van der Waals surface area contributed by atoms with Gasteiger partial charge in [0.1, 0.15) is 6.04 Å². The highest BCUT2D eigenvalue weighted by molar-refractivity contribution is 5.85. The molecule has 5 heteroatoms. The Hall–Kier alpha value is -1.10. The quantitative estimate of drug-likeness (QED) is 0.778. The van der Waals surface area contributed by atoms with Gasteiger partial charge in [-0.3, -0.25) is 4.79 Å². The SMILES string of the molecule is CC(C)C(NC(=O)C(C)C1CCOCC1)C(=O)O. The zero-order chi connectivity index (χ0) is 13.7. The van der Waals surface area contributed by atoms with Crippen molar-refractivity contribution in [1.29, 1.82) is 0 Å². The minimum Gasteiger partial charge on any atom is -0.480 e. The number of nitrogens with one attached hydrogen (secondary N) is 1. The van der Waals surface area contributed by atoms with Gasteiger partial charge in [0.2, 0.25) is 5.91 Å². The van der Waals surface area contributed by atoms with Gasteiger partial charge in [0.05, 0.1) is 0 Å². The molecule has 104 valence electrons. The van der Waals surface area contributed by atoms with Crippen LogP contribution in [0, 0.1) is 17.8 Å². The molecule has 2 N–H and O–H groups in total. The second kappa shape index (κ2) is 6.73. The first-order chi connectivity index (χ1) is 8.43. The topological polar surface area (TPSA) is 75.6 Å². The van der Waals surface area contributed by atoms with E-state index in [1.165, 1.54) is 0 Å². The van der Waals surface area contributed by atoms with E-state index in [-0.39, 0.29) is 17.7 Å². The summed E-state index contributed by atoms with van der Waals surface area (Å²) in [7, 11) is 0. The Balaban J connectivity index is 2.54. The third kappa shape index (κ3) is 3.98. The van der Waals surface area contributed by atoms with Crippen LogP contribution < -0.4 is 5.32 Å². The summed E-state index contributed by atoms with van der Waals surface area (Å²) in [6.07, 6.45) is 1.74. The maximum atomic E-state index is 12.0. The van der Waals surface area contributed by atoms with Crippen molar-refractivity contribution in [1.82, 2.24) is 5.32 Å². The van der Waals surface area contributed by atoms with E-state index in [1.54, 1.807) is 13.8 Å². The summed E-state index contributed by atoms with van der Waals surface area (Å²) in [4.78, 5) is 23.1. The average molecular weight is 257 g/mol. The van der Waals surface area contributed by atoms with Crippen molar-refractivity contribution in [2.45, 2.75) is 39.7 Å². The lowest BCUT2D eigenvalue weighted by Crippen LogP contribution is -2.47. The van der Waals surface area contributed by atoms with Crippen molar-refractivity contribution in [3.63, 3.8) is 0 Å². The van der Waals surface area contributed by atoms with Gasteiger partial charge in [0.25, 0.3) is 0 Å². The van der Waals surface area contributed by atoms with Crippen molar-refractivity contribution in [3.8, 4) is 0 Å². The van der Waals surface area contributed by atoms with Gasteiger partial charge in [-0.25, -0.2) is 4.79 Å². The van der Waals surface area contributed by atoms with Gasteiger partial charge in [0, 0.05) is 19.1 Å². The van der Waals surface area contributed by atoms with Gasteiger partial charge in [-0.2, -0.15) is 0 Å². The number of carbonyl (C=O) groups is 2. The summed E-state index contributed by atoms with van der Waals surface area (Å²) in [5.74, 6) is -1.12. The van der Waals surface area contributed by atoms with Crippen LogP contribution in [0.2, 0.25) is 0 Å². The summed E-state index contributed by atoms with van der Waals surface area (Å²) in [6, 6.07) is -0.806. The first-order valence-electron chi connectivity index (χ1n) is 6.54. The molecular weight excluding hydrogens is 234 g/mol. The molecule has 1 saturated heterocycles. The van der Waals surface area contributed by atoms with E-state index >= 15 is 0 Å². The Morgan fingerprint density at radius 3 is 2.22 bits per heavy atom. The molecule has 0 aromatic heterocycles. The number of carboxylic acids is 1. The standard InChI is InChI=1S/C13H23NO4/c1-8(2)11(13(16)17)14-12(15)9(3)10-4-6-18-7-5-10/h8-11H,4-7H2,1-3H3,(H,14,15)(H,16,17). The Bertz CT molecular complexity index is 297. The number of rotatable bonds is 5. The number of carbonyl (C=O) groups excluding carboxylic acids is 1. The Labute approximate surface area is 108 Å². The minimum atomic E-state index is -0.975. The second-order valence-electron chi connectivity index (χ2n) is 5.31. The van der Waals surface area contributed by atoms with E-state index in [0.29, 0.717) is 19.1 Å². The maximum absolute atomic E-state index is 12.0. The molecule has 0 saturated carbocycles. The molecule has 0 aromatic rings. The highest BCUT2D eigenvalue weighted by Crippen LogP contribution is 2.23.